The van der Waals surface area contributed by atoms with Crippen molar-refractivity contribution in [1.29, 1.82) is 0 Å². The Morgan fingerprint density at radius 2 is 1.83 bits per heavy atom. The summed E-state index contributed by atoms with van der Waals surface area (Å²) in [5.41, 5.74) is 1.84. The predicted octanol–water partition coefficient (Wildman–Crippen LogP) is 3.82. The maximum absolute atomic E-state index is 12.8. The highest BCUT2D eigenvalue weighted by atomic mass is 32.2. The summed E-state index contributed by atoms with van der Waals surface area (Å²) in [6, 6.07) is 14.5. The van der Waals surface area contributed by atoms with Gasteiger partial charge in [-0.05, 0) is 36.6 Å². The molecular formula is C18H23NO3S. The summed E-state index contributed by atoms with van der Waals surface area (Å²) < 4.78 is 33.7. The van der Waals surface area contributed by atoms with E-state index in [0.717, 1.165) is 24.0 Å². The summed E-state index contributed by atoms with van der Waals surface area (Å²) in [7, 11) is -2.19. The van der Waals surface area contributed by atoms with Crippen LogP contribution in [0.2, 0.25) is 0 Å². The van der Waals surface area contributed by atoms with Gasteiger partial charge in [-0.2, -0.15) is 0 Å². The van der Waals surface area contributed by atoms with Gasteiger partial charge in [0.2, 0.25) is 10.0 Å². The predicted molar refractivity (Wildman–Crippen MR) is 92.1 cm³/mol. The quantitative estimate of drug-likeness (QED) is 0.838. The van der Waals surface area contributed by atoms with Crippen LogP contribution in [-0.2, 0) is 10.0 Å². The normalized spacial score (nSPS) is 12.8. The second kappa shape index (κ2) is 7.62. The smallest absolute Gasteiger partial charge is 0.244 e. The third-order valence-electron chi connectivity index (χ3n) is 3.69. The van der Waals surface area contributed by atoms with Crippen molar-refractivity contribution in [3.8, 4) is 5.75 Å². The van der Waals surface area contributed by atoms with E-state index in [2.05, 4.69) is 4.72 Å². The van der Waals surface area contributed by atoms with Gasteiger partial charge in [0.1, 0.15) is 10.6 Å². The van der Waals surface area contributed by atoms with E-state index in [0.29, 0.717) is 5.75 Å². The summed E-state index contributed by atoms with van der Waals surface area (Å²) in [5, 5.41) is 0. The highest BCUT2D eigenvalue weighted by Crippen LogP contribution is 2.27. The summed E-state index contributed by atoms with van der Waals surface area (Å²) in [4.78, 5) is 0.178. The number of hydrogen-bond acceptors (Lipinski definition) is 3. The van der Waals surface area contributed by atoms with Crippen LogP contribution in [0.15, 0.2) is 53.4 Å². The van der Waals surface area contributed by atoms with Gasteiger partial charge >= 0.3 is 0 Å². The number of hydrogen-bond donors (Lipinski definition) is 1. The maximum Gasteiger partial charge on any atom is 0.244 e. The molecule has 1 N–H and O–H groups in total. The van der Waals surface area contributed by atoms with Crippen molar-refractivity contribution in [2.45, 2.75) is 37.6 Å². The second-order valence-corrected chi connectivity index (χ2v) is 7.21. The number of benzene rings is 2. The Hall–Kier alpha value is -1.85. The molecule has 0 aliphatic carbocycles. The van der Waals surface area contributed by atoms with Crippen molar-refractivity contribution in [1.82, 2.24) is 4.72 Å². The molecule has 2 rings (SSSR count). The van der Waals surface area contributed by atoms with Crippen molar-refractivity contribution in [3.63, 3.8) is 0 Å². The molecule has 0 fully saturated rings. The minimum atomic E-state index is -3.67. The number of rotatable bonds is 7. The highest BCUT2D eigenvalue weighted by Gasteiger charge is 2.24. The van der Waals surface area contributed by atoms with Gasteiger partial charge in [-0.1, -0.05) is 49.7 Å². The molecule has 2 aromatic carbocycles. The fourth-order valence-corrected chi connectivity index (χ4v) is 4.03. The minimum absolute atomic E-state index is 0.178. The lowest BCUT2D eigenvalue weighted by atomic mass is 10.0. The molecule has 1 atom stereocenters. The topological polar surface area (TPSA) is 55.4 Å². The number of methoxy groups -OCH3 is 1. The van der Waals surface area contributed by atoms with E-state index in [9.17, 15) is 8.42 Å². The van der Waals surface area contributed by atoms with Crippen LogP contribution in [0.5, 0.6) is 5.75 Å². The van der Waals surface area contributed by atoms with Gasteiger partial charge < -0.3 is 4.74 Å². The second-order valence-electron chi connectivity index (χ2n) is 5.53. The molecule has 2 aromatic rings. The largest absolute Gasteiger partial charge is 0.495 e. The third kappa shape index (κ3) is 4.33. The molecular weight excluding hydrogens is 310 g/mol. The molecule has 0 aromatic heterocycles. The van der Waals surface area contributed by atoms with E-state index < -0.39 is 10.0 Å². The first-order chi connectivity index (χ1) is 11.0. The molecule has 0 spiro atoms. The van der Waals surface area contributed by atoms with Gasteiger partial charge in [-0.15, -0.1) is 0 Å². The summed E-state index contributed by atoms with van der Waals surface area (Å²) >= 11 is 0. The third-order valence-corrected chi connectivity index (χ3v) is 5.18. The van der Waals surface area contributed by atoms with Crippen LogP contribution < -0.4 is 9.46 Å². The van der Waals surface area contributed by atoms with Crippen molar-refractivity contribution in [2.75, 3.05) is 7.11 Å². The Morgan fingerprint density at radius 1 is 1.13 bits per heavy atom. The molecule has 0 saturated carbocycles. The zero-order valence-corrected chi connectivity index (χ0v) is 14.6. The van der Waals surface area contributed by atoms with Gasteiger partial charge in [-0.3, -0.25) is 0 Å². The first kappa shape index (κ1) is 17.5. The van der Waals surface area contributed by atoms with Crippen LogP contribution >= 0.6 is 0 Å². The Balaban J connectivity index is 2.37. The fourth-order valence-electron chi connectivity index (χ4n) is 2.51. The summed E-state index contributed by atoms with van der Waals surface area (Å²) in [6.07, 6.45) is 1.62. The molecule has 0 aliphatic heterocycles. The van der Waals surface area contributed by atoms with Gasteiger partial charge in [0.25, 0.3) is 0 Å². The molecule has 0 saturated heterocycles. The lowest BCUT2D eigenvalue weighted by molar-refractivity contribution is 0.401. The maximum atomic E-state index is 12.8. The molecule has 124 valence electrons. The van der Waals surface area contributed by atoms with E-state index >= 15 is 0 Å². The molecule has 4 nitrogen and oxygen atoms in total. The minimum Gasteiger partial charge on any atom is -0.495 e. The Bertz CT molecular complexity index is 742. The van der Waals surface area contributed by atoms with Crippen LogP contribution in [-0.4, -0.2) is 15.5 Å². The Morgan fingerprint density at radius 3 is 2.43 bits per heavy atom. The van der Waals surface area contributed by atoms with Crippen LogP contribution in [0.3, 0.4) is 0 Å². The zero-order chi connectivity index (χ0) is 16.9. The summed E-state index contributed by atoms with van der Waals surface area (Å²) in [5.74, 6) is 0.353. The molecule has 0 unspecified atom stereocenters. The van der Waals surface area contributed by atoms with Crippen LogP contribution in [0, 0.1) is 6.92 Å². The summed E-state index contributed by atoms with van der Waals surface area (Å²) in [6.45, 7) is 3.90. The van der Waals surface area contributed by atoms with E-state index in [-0.39, 0.29) is 10.9 Å². The van der Waals surface area contributed by atoms with Crippen LogP contribution in [0.4, 0.5) is 0 Å². The lowest BCUT2D eigenvalue weighted by Gasteiger charge is -2.20. The fraction of sp³-hybridized carbons (Fsp3) is 0.333. The molecule has 0 bridgehead atoms. The van der Waals surface area contributed by atoms with Gasteiger partial charge in [0, 0.05) is 6.04 Å². The van der Waals surface area contributed by atoms with Crippen molar-refractivity contribution in [3.05, 3.63) is 59.7 Å². The number of nitrogens with one attached hydrogen (secondary N) is 1. The van der Waals surface area contributed by atoms with Crippen LogP contribution in [0.1, 0.15) is 36.9 Å². The van der Waals surface area contributed by atoms with E-state index in [1.807, 2.05) is 50.2 Å². The first-order valence-electron chi connectivity index (χ1n) is 7.70. The van der Waals surface area contributed by atoms with E-state index in [1.54, 1.807) is 12.1 Å². The number of sulfonamides is 1. The molecule has 5 heteroatoms. The van der Waals surface area contributed by atoms with Crippen molar-refractivity contribution >= 4 is 10.0 Å². The van der Waals surface area contributed by atoms with Crippen molar-refractivity contribution < 1.29 is 13.2 Å². The van der Waals surface area contributed by atoms with E-state index in [1.165, 1.54) is 7.11 Å². The van der Waals surface area contributed by atoms with Gasteiger partial charge in [0.05, 0.1) is 7.11 Å². The zero-order valence-electron chi connectivity index (χ0n) is 13.7. The average Bonchev–Trinajstić information content (AvgIpc) is 2.55. The lowest BCUT2D eigenvalue weighted by Crippen LogP contribution is -2.29. The van der Waals surface area contributed by atoms with Crippen molar-refractivity contribution in [2.24, 2.45) is 0 Å². The van der Waals surface area contributed by atoms with Gasteiger partial charge in [-0.25, -0.2) is 13.1 Å². The molecule has 0 amide bonds. The number of aryl methyl sites for hydroxylation is 1. The standard InChI is InChI=1S/C18H23NO3S/c1-4-8-16(15-9-6-5-7-10-15)19-23(20,21)18-13-14(2)11-12-17(18)22-3/h5-7,9-13,16,19H,4,8H2,1-3H3/t16-/m0/s1. The average molecular weight is 333 g/mol. The van der Waals surface area contributed by atoms with E-state index in [4.69, 9.17) is 4.74 Å². The first-order valence-corrected chi connectivity index (χ1v) is 9.18. The Labute approximate surface area is 138 Å². The monoisotopic (exact) mass is 333 g/mol. The molecule has 0 heterocycles. The molecule has 0 radical (unpaired) electrons. The highest BCUT2D eigenvalue weighted by molar-refractivity contribution is 7.89. The molecule has 23 heavy (non-hydrogen) atoms. The molecule has 0 aliphatic rings. The van der Waals surface area contributed by atoms with Gasteiger partial charge in [0.15, 0.2) is 0 Å². The van der Waals surface area contributed by atoms with Crippen LogP contribution in [0.25, 0.3) is 0 Å². The number of ether oxygens (including phenoxy) is 1. The SMILES string of the molecule is CCC[C@H](NS(=O)(=O)c1cc(C)ccc1OC)c1ccccc1. The Kier molecular flexibility index (Phi) is 5.80.